The van der Waals surface area contributed by atoms with Gasteiger partial charge in [-0.25, -0.2) is 4.39 Å². The topological polar surface area (TPSA) is 41.9 Å². The highest BCUT2D eigenvalue weighted by molar-refractivity contribution is 7.07. The number of ether oxygens (including phenoxy) is 1. The van der Waals surface area contributed by atoms with Crippen molar-refractivity contribution in [2.24, 2.45) is 4.99 Å². The Morgan fingerprint density at radius 2 is 1.78 bits per heavy atom. The monoisotopic (exact) mass is 440 g/mol. The van der Waals surface area contributed by atoms with Crippen LogP contribution in [0.3, 0.4) is 0 Å². The predicted octanol–water partition coefficient (Wildman–Crippen LogP) is 4.61. The van der Waals surface area contributed by atoms with Crippen molar-refractivity contribution in [1.82, 2.24) is 0 Å². The Balaban J connectivity index is 1.44. The van der Waals surface area contributed by atoms with Gasteiger partial charge in [-0.2, -0.15) is 0 Å². The average Bonchev–Trinajstić information content (AvgIpc) is 3.37. The molecule has 0 atom stereocenters. The third-order valence-electron chi connectivity index (χ3n) is 5.94. The fraction of sp³-hybridized carbons (Fsp3) is 0.0769. The van der Waals surface area contributed by atoms with Gasteiger partial charge in [-0.3, -0.25) is 9.79 Å². The van der Waals surface area contributed by atoms with Crippen LogP contribution in [0.4, 0.5) is 10.1 Å². The number of carbonyl (C=O) groups is 1. The molecule has 4 aromatic rings. The maximum absolute atomic E-state index is 13.7. The lowest BCUT2D eigenvalue weighted by atomic mass is 9.99. The lowest BCUT2D eigenvalue weighted by molar-refractivity contribution is 0.104. The van der Waals surface area contributed by atoms with Crippen molar-refractivity contribution in [2.75, 3.05) is 18.7 Å². The summed E-state index contributed by atoms with van der Waals surface area (Å²) >= 11 is 1.59. The maximum Gasteiger partial charge on any atom is 0.194 e. The number of thiophene rings is 1. The Bertz CT molecular complexity index is 1540. The van der Waals surface area contributed by atoms with E-state index >= 15 is 0 Å². The largest absolute Gasteiger partial charge is 0.497 e. The van der Waals surface area contributed by atoms with E-state index in [1.165, 1.54) is 12.1 Å². The van der Waals surface area contributed by atoms with Gasteiger partial charge in [0.15, 0.2) is 5.78 Å². The van der Waals surface area contributed by atoms with Gasteiger partial charge in [-0.15, -0.1) is 11.3 Å². The van der Waals surface area contributed by atoms with Crippen LogP contribution in [0.15, 0.2) is 71.0 Å². The molecule has 0 bridgehead atoms. The number of nitrogens with zero attached hydrogens (tertiary/aromatic N) is 2. The third-order valence-corrected chi connectivity index (χ3v) is 6.86. The quantitative estimate of drug-likeness (QED) is 0.412. The number of hydrogen-bond donors (Lipinski definition) is 0. The summed E-state index contributed by atoms with van der Waals surface area (Å²) < 4.78 is 20.0. The first kappa shape index (κ1) is 19.0. The zero-order valence-corrected chi connectivity index (χ0v) is 17.9. The van der Waals surface area contributed by atoms with Gasteiger partial charge < -0.3 is 9.64 Å². The van der Waals surface area contributed by atoms with E-state index in [1.54, 1.807) is 24.5 Å². The molecule has 32 heavy (non-hydrogen) atoms. The molecule has 6 rings (SSSR count). The van der Waals surface area contributed by atoms with Crippen LogP contribution in [-0.4, -0.2) is 19.6 Å². The summed E-state index contributed by atoms with van der Waals surface area (Å²) in [5.41, 5.74) is 5.65. The van der Waals surface area contributed by atoms with Crippen molar-refractivity contribution in [3.63, 3.8) is 0 Å². The van der Waals surface area contributed by atoms with Gasteiger partial charge in [0, 0.05) is 45.2 Å². The summed E-state index contributed by atoms with van der Waals surface area (Å²) in [5, 5.41) is 3.10. The molecule has 1 aromatic heterocycles. The number of fused-ring (bicyclic) bond motifs is 4. The van der Waals surface area contributed by atoms with Gasteiger partial charge in [0.25, 0.3) is 0 Å². The number of benzene rings is 3. The molecule has 4 nitrogen and oxygen atoms in total. The summed E-state index contributed by atoms with van der Waals surface area (Å²) in [6.07, 6.45) is 2.10. The van der Waals surface area contributed by atoms with Gasteiger partial charge in [0.1, 0.15) is 22.9 Å². The van der Waals surface area contributed by atoms with Crippen molar-refractivity contribution in [3.05, 3.63) is 92.9 Å². The van der Waals surface area contributed by atoms with Gasteiger partial charge >= 0.3 is 0 Å². The van der Waals surface area contributed by atoms with E-state index in [0.29, 0.717) is 17.8 Å². The highest BCUT2D eigenvalue weighted by atomic mass is 32.1. The molecule has 0 radical (unpaired) electrons. The number of anilines is 1. The lowest BCUT2D eigenvalue weighted by Crippen LogP contribution is -2.33. The van der Waals surface area contributed by atoms with Crippen LogP contribution in [0.5, 0.6) is 5.75 Å². The molecular weight excluding hydrogens is 423 g/mol. The van der Waals surface area contributed by atoms with Gasteiger partial charge in [0.2, 0.25) is 0 Å². The van der Waals surface area contributed by atoms with E-state index in [9.17, 15) is 9.18 Å². The van der Waals surface area contributed by atoms with Crippen molar-refractivity contribution < 1.29 is 13.9 Å². The number of rotatable bonds is 3. The Hall–Kier alpha value is -3.77. The smallest absolute Gasteiger partial charge is 0.194 e. The predicted molar refractivity (Wildman–Crippen MR) is 124 cm³/mol. The highest BCUT2D eigenvalue weighted by Crippen LogP contribution is 2.38. The number of carbonyl (C=O) groups excluding carboxylic acids is 1. The molecule has 0 amide bonds. The van der Waals surface area contributed by atoms with Crippen molar-refractivity contribution in [2.45, 2.75) is 0 Å². The number of hydrogen-bond acceptors (Lipinski definition) is 5. The first-order valence-corrected chi connectivity index (χ1v) is 11.0. The molecule has 3 aromatic carbocycles. The maximum atomic E-state index is 13.7. The van der Waals surface area contributed by atoms with E-state index in [4.69, 9.17) is 9.73 Å². The van der Waals surface area contributed by atoms with Crippen LogP contribution in [0.25, 0.3) is 28.5 Å². The summed E-state index contributed by atoms with van der Waals surface area (Å²) in [6, 6.07) is 18.2. The molecule has 6 heteroatoms. The molecule has 0 N–H and O–H groups in total. The fourth-order valence-electron chi connectivity index (χ4n) is 4.33. The molecule has 2 aliphatic rings. The molecular formula is C26H17FN2O2S. The van der Waals surface area contributed by atoms with Crippen LogP contribution in [0.1, 0.15) is 15.9 Å². The molecule has 0 saturated heterocycles. The van der Waals surface area contributed by atoms with Crippen LogP contribution < -0.4 is 19.5 Å². The SMILES string of the molecule is COc1cccc(N2C=c3c(-c4ccc5c(c4)C(=O)c4cc(F)ccc4-5)csc3=NC2)c1. The minimum Gasteiger partial charge on any atom is -0.497 e. The molecule has 1 aliphatic heterocycles. The minimum absolute atomic E-state index is 0.132. The Kier molecular flexibility index (Phi) is 4.23. The van der Waals surface area contributed by atoms with E-state index in [1.807, 2.05) is 42.5 Å². The van der Waals surface area contributed by atoms with Gasteiger partial charge in [-0.05, 0) is 47.0 Å². The van der Waals surface area contributed by atoms with Crippen molar-refractivity contribution >= 4 is 29.0 Å². The van der Waals surface area contributed by atoms with Crippen LogP contribution in [0, 0.1) is 5.82 Å². The van der Waals surface area contributed by atoms with Crippen LogP contribution >= 0.6 is 11.3 Å². The number of methoxy groups -OCH3 is 1. The summed E-state index contributed by atoms with van der Waals surface area (Å²) in [7, 11) is 1.65. The minimum atomic E-state index is -0.397. The third kappa shape index (κ3) is 2.87. The molecule has 0 saturated carbocycles. The summed E-state index contributed by atoms with van der Waals surface area (Å²) in [6.45, 7) is 0.531. The zero-order chi connectivity index (χ0) is 21.8. The van der Waals surface area contributed by atoms with Gasteiger partial charge in [0.05, 0.1) is 7.11 Å². The first-order valence-electron chi connectivity index (χ1n) is 10.2. The Labute approximate surface area is 187 Å². The average molecular weight is 440 g/mol. The molecule has 0 unspecified atom stereocenters. The number of ketones is 1. The second kappa shape index (κ2) is 7.14. The first-order chi connectivity index (χ1) is 15.6. The van der Waals surface area contributed by atoms with E-state index in [-0.39, 0.29) is 5.78 Å². The number of halogens is 1. The van der Waals surface area contributed by atoms with E-state index in [0.717, 1.165) is 43.6 Å². The van der Waals surface area contributed by atoms with Crippen LogP contribution in [0.2, 0.25) is 0 Å². The standard InChI is InChI=1S/C26H17FN2O2S/c1-31-18-4-2-3-17(11-18)29-12-23-24(13-32-26(23)28-14-29)15-5-7-19-20-8-6-16(27)10-22(20)25(30)21(19)9-15/h2-13H,14H2,1H3. The lowest BCUT2D eigenvalue weighted by Gasteiger charge is -2.20. The molecule has 1 aliphatic carbocycles. The summed E-state index contributed by atoms with van der Waals surface area (Å²) in [5.74, 6) is 0.262. The fourth-order valence-corrected chi connectivity index (χ4v) is 5.24. The van der Waals surface area contributed by atoms with Crippen LogP contribution in [-0.2, 0) is 0 Å². The molecule has 0 spiro atoms. The normalized spacial score (nSPS) is 13.7. The van der Waals surface area contributed by atoms with Crippen molar-refractivity contribution in [3.8, 4) is 28.0 Å². The summed E-state index contributed by atoms with van der Waals surface area (Å²) in [4.78, 5) is 19.8. The molecule has 0 fully saturated rings. The second-order valence-corrected chi connectivity index (χ2v) is 8.61. The van der Waals surface area contributed by atoms with E-state index in [2.05, 4.69) is 16.5 Å². The second-order valence-electron chi connectivity index (χ2n) is 7.75. The van der Waals surface area contributed by atoms with E-state index < -0.39 is 5.82 Å². The Morgan fingerprint density at radius 1 is 0.969 bits per heavy atom. The Morgan fingerprint density at radius 3 is 2.62 bits per heavy atom. The van der Waals surface area contributed by atoms with Crippen molar-refractivity contribution in [1.29, 1.82) is 0 Å². The zero-order valence-electron chi connectivity index (χ0n) is 17.1. The highest BCUT2D eigenvalue weighted by Gasteiger charge is 2.27. The van der Waals surface area contributed by atoms with Gasteiger partial charge in [-0.1, -0.05) is 24.3 Å². The molecule has 2 heterocycles. The molecule has 156 valence electrons.